The molecule has 0 atom stereocenters. The van der Waals surface area contributed by atoms with E-state index in [1.165, 1.54) is 43.6 Å². The molecule has 1 aromatic carbocycles. The number of nitrogens with zero attached hydrogens (tertiary/aromatic N) is 4. The fourth-order valence-electron chi connectivity index (χ4n) is 3.29. The summed E-state index contributed by atoms with van der Waals surface area (Å²) in [4.78, 5) is 11.5. The zero-order valence-electron chi connectivity index (χ0n) is 14.2. The summed E-state index contributed by atoms with van der Waals surface area (Å²) in [6.07, 6.45) is 9.58. The topological polar surface area (TPSA) is 34.0 Å². The van der Waals surface area contributed by atoms with Gasteiger partial charge in [-0.1, -0.05) is 36.0 Å². The number of imidazole rings is 1. The third kappa shape index (κ3) is 3.71. The molecule has 0 saturated carbocycles. The van der Waals surface area contributed by atoms with Crippen LogP contribution in [0.5, 0.6) is 0 Å². The Morgan fingerprint density at radius 3 is 2.56 bits per heavy atom. The van der Waals surface area contributed by atoms with Gasteiger partial charge >= 0.3 is 0 Å². The summed E-state index contributed by atoms with van der Waals surface area (Å²) in [5.74, 6) is 1.82. The van der Waals surface area contributed by atoms with Crippen molar-refractivity contribution in [2.75, 3.05) is 18.0 Å². The number of para-hydroxylation sites is 1. The maximum Gasteiger partial charge on any atom is 0.174 e. The monoisotopic (exact) mass is 350 g/mol. The summed E-state index contributed by atoms with van der Waals surface area (Å²) in [5.41, 5.74) is 2.76. The van der Waals surface area contributed by atoms with Crippen LogP contribution in [-0.4, -0.2) is 27.6 Å². The minimum absolute atomic E-state index is 0.909. The van der Waals surface area contributed by atoms with Crippen molar-refractivity contribution in [3.05, 3.63) is 66.6 Å². The first-order valence-corrected chi connectivity index (χ1v) is 9.81. The van der Waals surface area contributed by atoms with Crippen LogP contribution in [-0.2, 0) is 5.75 Å². The van der Waals surface area contributed by atoms with E-state index in [-0.39, 0.29) is 0 Å². The van der Waals surface area contributed by atoms with Crippen LogP contribution in [0.15, 0.2) is 66.2 Å². The molecular formula is C20H22N4S. The summed E-state index contributed by atoms with van der Waals surface area (Å²) < 4.78 is 2.05. The van der Waals surface area contributed by atoms with Gasteiger partial charge in [0.2, 0.25) is 0 Å². The molecule has 3 aromatic rings. The number of anilines is 1. The summed E-state index contributed by atoms with van der Waals surface area (Å²) in [7, 11) is 0. The number of benzene rings is 1. The lowest BCUT2D eigenvalue weighted by Crippen LogP contribution is -2.30. The smallest absolute Gasteiger partial charge is 0.174 e. The van der Waals surface area contributed by atoms with Gasteiger partial charge in [0.15, 0.2) is 5.16 Å². The van der Waals surface area contributed by atoms with Crippen molar-refractivity contribution < 1.29 is 0 Å². The second-order valence-corrected chi connectivity index (χ2v) is 7.18. The second-order valence-electron chi connectivity index (χ2n) is 6.23. The van der Waals surface area contributed by atoms with E-state index >= 15 is 0 Å². The molecule has 4 rings (SSSR count). The van der Waals surface area contributed by atoms with Gasteiger partial charge < -0.3 is 4.90 Å². The predicted molar refractivity (Wildman–Crippen MR) is 103 cm³/mol. The highest BCUT2D eigenvalue weighted by molar-refractivity contribution is 7.98. The molecule has 1 aliphatic rings. The van der Waals surface area contributed by atoms with E-state index in [0.29, 0.717) is 0 Å². The first-order chi connectivity index (χ1) is 12.4. The van der Waals surface area contributed by atoms with E-state index < -0.39 is 0 Å². The predicted octanol–water partition coefficient (Wildman–Crippen LogP) is 4.55. The number of hydrogen-bond donors (Lipinski definition) is 0. The molecule has 0 bridgehead atoms. The molecule has 3 heterocycles. The van der Waals surface area contributed by atoms with Gasteiger partial charge in [-0.05, 0) is 43.0 Å². The molecule has 0 N–H and O–H groups in total. The molecule has 5 heteroatoms. The van der Waals surface area contributed by atoms with Crippen molar-refractivity contribution in [1.82, 2.24) is 14.5 Å². The first-order valence-electron chi connectivity index (χ1n) is 8.82. The van der Waals surface area contributed by atoms with Gasteiger partial charge in [0.05, 0.1) is 0 Å². The van der Waals surface area contributed by atoms with E-state index in [2.05, 4.69) is 39.1 Å². The number of thioether (sulfide) groups is 1. The quantitative estimate of drug-likeness (QED) is 0.632. The molecule has 128 valence electrons. The Kier molecular flexibility index (Phi) is 5.02. The highest BCUT2D eigenvalue weighted by Gasteiger charge is 2.15. The molecule has 25 heavy (non-hydrogen) atoms. The van der Waals surface area contributed by atoms with E-state index in [4.69, 9.17) is 0 Å². The van der Waals surface area contributed by atoms with Crippen LogP contribution in [0.3, 0.4) is 0 Å². The highest BCUT2D eigenvalue weighted by atomic mass is 32.2. The van der Waals surface area contributed by atoms with Crippen LogP contribution in [0.25, 0.3) is 5.82 Å². The normalized spacial score (nSPS) is 14.6. The van der Waals surface area contributed by atoms with Gasteiger partial charge in [-0.15, -0.1) is 0 Å². The average Bonchev–Trinajstić information content (AvgIpc) is 3.17. The fourth-order valence-corrected chi connectivity index (χ4v) is 4.24. The number of rotatable bonds is 5. The molecular weight excluding hydrogens is 328 g/mol. The molecule has 0 radical (unpaired) electrons. The highest BCUT2D eigenvalue weighted by Crippen LogP contribution is 2.30. The van der Waals surface area contributed by atoms with Gasteiger partial charge in [0.25, 0.3) is 0 Å². The van der Waals surface area contributed by atoms with Gasteiger partial charge in [0, 0.05) is 43.1 Å². The average molecular weight is 350 g/mol. The van der Waals surface area contributed by atoms with Crippen molar-refractivity contribution in [3.8, 4) is 5.82 Å². The first kappa shape index (κ1) is 16.2. The minimum Gasteiger partial charge on any atom is -0.371 e. The molecule has 0 unspecified atom stereocenters. The molecule has 1 fully saturated rings. The zero-order valence-corrected chi connectivity index (χ0v) is 15.0. The Balaban J connectivity index is 1.52. The van der Waals surface area contributed by atoms with Gasteiger partial charge in [-0.2, -0.15) is 0 Å². The maximum atomic E-state index is 4.52. The van der Waals surface area contributed by atoms with Crippen molar-refractivity contribution in [3.63, 3.8) is 0 Å². The van der Waals surface area contributed by atoms with E-state index in [0.717, 1.165) is 16.7 Å². The minimum atomic E-state index is 0.909. The molecule has 0 amide bonds. The van der Waals surface area contributed by atoms with Crippen molar-refractivity contribution >= 4 is 17.4 Å². The lowest BCUT2D eigenvalue weighted by atomic mass is 10.1. The largest absolute Gasteiger partial charge is 0.371 e. The maximum absolute atomic E-state index is 4.52. The van der Waals surface area contributed by atoms with Crippen LogP contribution in [0, 0.1) is 0 Å². The summed E-state index contributed by atoms with van der Waals surface area (Å²) in [6.45, 7) is 2.34. The Labute approximate surface area is 152 Å². The lowest BCUT2D eigenvalue weighted by Gasteiger charge is -2.30. The van der Waals surface area contributed by atoms with Crippen molar-refractivity contribution in [1.29, 1.82) is 0 Å². The molecule has 1 aliphatic heterocycles. The molecule has 1 saturated heterocycles. The van der Waals surface area contributed by atoms with E-state index in [1.54, 1.807) is 11.8 Å². The molecule has 0 spiro atoms. The summed E-state index contributed by atoms with van der Waals surface area (Å²) >= 11 is 1.76. The Hall–Kier alpha value is -2.27. The summed E-state index contributed by atoms with van der Waals surface area (Å²) in [6, 6.07) is 14.7. The summed E-state index contributed by atoms with van der Waals surface area (Å²) in [5, 5.41) is 0.979. The second kappa shape index (κ2) is 7.74. The van der Waals surface area contributed by atoms with Crippen molar-refractivity contribution in [2.45, 2.75) is 30.2 Å². The third-order valence-corrected chi connectivity index (χ3v) is 5.56. The Morgan fingerprint density at radius 2 is 1.72 bits per heavy atom. The standard InChI is InChI=1S/C20H22N4S/c1-6-13-23(14-7-1)18-9-3-2-8-17(18)16-25-20-22-12-15-24(20)19-10-4-5-11-21-19/h2-5,8-12,15H,1,6-7,13-14,16H2. The Morgan fingerprint density at radius 1 is 0.880 bits per heavy atom. The molecule has 4 nitrogen and oxygen atoms in total. The van der Waals surface area contributed by atoms with Gasteiger partial charge in [-0.3, -0.25) is 4.57 Å². The number of piperidine rings is 1. The van der Waals surface area contributed by atoms with Crippen LogP contribution in [0.1, 0.15) is 24.8 Å². The van der Waals surface area contributed by atoms with Crippen LogP contribution in [0.4, 0.5) is 5.69 Å². The molecule has 2 aromatic heterocycles. The Bertz CT molecular complexity index is 809. The van der Waals surface area contributed by atoms with Crippen LogP contribution >= 0.6 is 11.8 Å². The third-order valence-electron chi connectivity index (χ3n) is 4.55. The zero-order chi connectivity index (χ0) is 16.9. The van der Waals surface area contributed by atoms with Gasteiger partial charge in [-0.25, -0.2) is 9.97 Å². The van der Waals surface area contributed by atoms with Gasteiger partial charge in [0.1, 0.15) is 5.82 Å². The van der Waals surface area contributed by atoms with Crippen molar-refractivity contribution in [2.24, 2.45) is 0 Å². The van der Waals surface area contributed by atoms with E-state index in [1.807, 2.05) is 41.4 Å². The molecule has 0 aliphatic carbocycles. The number of hydrogen-bond acceptors (Lipinski definition) is 4. The lowest BCUT2D eigenvalue weighted by molar-refractivity contribution is 0.577. The number of aromatic nitrogens is 3. The van der Waals surface area contributed by atoms with E-state index in [9.17, 15) is 0 Å². The van der Waals surface area contributed by atoms with Crippen LogP contribution in [0.2, 0.25) is 0 Å². The SMILES string of the molecule is c1ccc(-n2ccnc2SCc2ccccc2N2CCCCC2)nc1. The fraction of sp³-hybridized carbons (Fsp3) is 0.300. The number of pyridine rings is 1. The van der Waals surface area contributed by atoms with Crippen LogP contribution < -0.4 is 4.90 Å².